The van der Waals surface area contributed by atoms with Crippen LogP contribution in [-0.2, 0) is 0 Å². The third-order valence-electron chi connectivity index (χ3n) is 1.15. The van der Waals surface area contributed by atoms with Crippen LogP contribution in [0.2, 0.25) is 5.82 Å². The minimum absolute atomic E-state index is 0.399. The van der Waals surface area contributed by atoms with Crippen molar-refractivity contribution in [3.05, 3.63) is 0 Å². The molecule has 0 rings (SSSR count). The average Bonchev–Trinajstić information content (AvgIpc) is 1.63. The first-order chi connectivity index (χ1) is 4.13. The van der Waals surface area contributed by atoms with Gasteiger partial charge in [-0.1, -0.05) is 33.0 Å². The zero-order valence-electron chi connectivity index (χ0n) is 6.65. The normalized spacial score (nSPS) is 15.6. The molecule has 0 nitrogen and oxygen atoms in total. The predicted octanol–water partition coefficient (Wildman–Crippen LogP) is 2.44. The van der Waals surface area contributed by atoms with E-state index in [0.717, 1.165) is 14.2 Å². The zero-order chi connectivity index (χ0) is 7.28. The molecule has 0 aliphatic carbocycles. The van der Waals surface area contributed by atoms with Gasteiger partial charge < -0.3 is 0 Å². The Hall–Kier alpha value is 0.495. The molecule has 2 radical (unpaired) electrons. The van der Waals surface area contributed by atoms with E-state index in [4.69, 9.17) is 7.85 Å². The van der Waals surface area contributed by atoms with E-state index in [2.05, 4.69) is 20.8 Å². The highest BCUT2D eigenvalue weighted by Crippen LogP contribution is 2.21. The van der Waals surface area contributed by atoms with Crippen molar-refractivity contribution in [2.24, 2.45) is 0 Å². The molecule has 0 saturated heterocycles. The Morgan fingerprint density at radius 2 is 1.89 bits per heavy atom. The van der Waals surface area contributed by atoms with Crippen molar-refractivity contribution < 1.29 is 0 Å². The first kappa shape index (κ1) is 9.49. The summed E-state index contributed by atoms with van der Waals surface area (Å²) in [6, 6.07) is 0. The van der Waals surface area contributed by atoms with E-state index in [1.165, 1.54) is 12.6 Å². The summed E-state index contributed by atoms with van der Waals surface area (Å²) in [6.45, 7) is 6.60. The van der Waals surface area contributed by atoms with Gasteiger partial charge in [-0.05, 0) is 11.8 Å². The molecule has 0 bridgehead atoms. The minimum Gasteiger partial charge on any atom is -0.119 e. The fourth-order valence-electron chi connectivity index (χ4n) is 0.600. The molecule has 0 aliphatic rings. The monoisotopic (exact) mass is 142 g/mol. The van der Waals surface area contributed by atoms with Crippen LogP contribution < -0.4 is 0 Å². The molecule has 2 heteroatoms. The number of rotatable bonds is 4. The number of hydrogen-bond donors (Lipinski definition) is 0. The average molecular weight is 142 g/mol. The maximum Gasteiger partial charge on any atom is 0.0695 e. The van der Waals surface area contributed by atoms with Gasteiger partial charge in [0.1, 0.15) is 0 Å². The molecule has 0 amide bonds. The second-order valence-electron chi connectivity index (χ2n) is 2.87. The van der Waals surface area contributed by atoms with E-state index in [1.807, 2.05) is 0 Å². The van der Waals surface area contributed by atoms with Crippen molar-refractivity contribution in [2.75, 3.05) is 6.16 Å². The van der Waals surface area contributed by atoms with Crippen molar-refractivity contribution in [3.8, 4) is 0 Å². The van der Waals surface area contributed by atoms with Gasteiger partial charge in [0.05, 0.1) is 7.85 Å². The lowest BCUT2D eigenvalue weighted by Gasteiger charge is -2.06. The lowest BCUT2D eigenvalue weighted by Crippen LogP contribution is -1.90. The van der Waals surface area contributed by atoms with Crippen LogP contribution in [0.5, 0.6) is 0 Å². The number of hydrogen-bond acceptors (Lipinski definition) is 0. The molecule has 0 spiro atoms. The van der Waals surface area contributed by atoms with Gasteiger partial charge in [0.25, 0.3) is 0 Å². The van der Waals surface area contributed by atoms with Gasteiger partial charge >= 0.3 is 0 Å². The third kappa shape index (κ3) is 8.49. The first-order valence-electron chi connectivity index (χ1n) is 3.62. The van der Waals surface area contributed by atoms with Crippen molar-refractivity contribution in [2.45, 2.75) is 38.7 Å². The molecule has 9 heavy (non-hydrogen) atoms. The van der Waals surface area contributed by atoms with E-state index in [9.17, 15) is 0 Å². The maximum atomic E-state index is 5.58. The van der Waals surface area contributed by atoms with Gasteiger partial charge in [-0.3, -0.25) is 0 Å². The smallest absolute Gasteiger partial charge is 0.0695 e. The Morgan fingerprint density at radius 3 is 2.22 bits per heavy atom. The molecule has 0 aromatic rings. The first-order valence-corrected chi connectivity index (χ1v) is 4.90. The standard InChI is InChI=1S/C7H16BP/c1-6(2)9-5-4-7(3)8/h6-7,9H,4-5H2,1-3H3. The Kier molecular flexibility index (Phi) is 5.58. The highest BCUT2D eigenvalue weighted by atomic mass is 31.1. The predicted molar refractivity (Wildman–Crippen MR) is 48.1 cm³/mol. The van der Waals surface area contributed by atoms with Gasteiger partial charge in [0.15, 0.2) is 0 Å². The zero-order valence-corrected chi connectivity index (χ0v) is 7.65. The van der Waals surface area contributed by atoms with E-state index in [1.54, 1.807) is 0 Å². The molecule has 0 fully saturated rings. The van der Waals surface area contributed by atoms with Gasteiger partial charge in [0, 0.05) is 0 Å². The SMILES string of the molecule is [B]C(C)CCPC(C)C. The Balaban J connectivity index is 2.91. The van der Waals surface area contributed by atoms with Crippen molar-refractivity contribution in [3.63, 3.8) is 0 Å². The quantitative estimate of drug-likeness (QED) is 0.417. The highest BCUT2D eigenvalue weighted by molar-refractivity contribution is 7.38. The van der Waals surface area contributed by atoms with Crippen LogP contribution in [0, 0.1) is 0 Å². The van der Waals surface area contributed by atoms with Crippen LogP contribution in [0.4, 0.5) is 0 Å². The summed E-state index contributed by atoms with van der Waals surface area (Å²) in [5.41, 5.74) is 0.865. The Labute approximate surface area is 62.0 Å². The van der Waals surface area contributed by atoms with E-state index >= 15 is 0 Å². The molecule has 0 saturated carbocycles. The summed E-state index contributed by atoms with van der Waals surface area (Å²) in [6.07, 6.45) is 2.51. The summed E-state index contributed by atoms with van der Waals surface area (Å²) < 4.78 is 0. The van der Waals surface area contributed by atoms with Gasteiger partial charge in [-0.2, -0.15) is 0 Å². The molecular formula is C7H16BP. The fourth-order valence-corrected chi connectivity index (χ4v) is 1.80. The van der Waals surface area contributed by atoms with Gasteiger partial charge in [0.2, 0.25) is 0 Å². The van der Waals surface area contributed by atoms with Crippen molar-refractivity contribution in [1.29, 1.82) is 0 Å². The third-order valence-corrected chi connectivity index (χ3v) is 2.55. The van der Waals surface area contributed by atoms with Crippen LogP contribution in [0.3, 0.4) is 0 Å². The minimum atomic E-state index is 0.399. The summed E-state index contributed by atoms with van der Waals surface area (Å²) in [7, 11) is 6.68. The molecule has 0 aromatic heterocycles. The molecule has 0 N–H and O–H groups in total. The maximum absolute atomic E-state index is 5.58. The molecular weight excluding hydrogens is 126 g/mol. The van der Waals surface area contributed by atoms with Crippen molar-refractivity contribution in [1.82, 2.24) is 0 Å². The van der Waals surface area contributed by atoms with Crippen LogP contribution in [0.1, 0.15) is 27.2 Å². The second kappa shape index (κ2) is 5.29. The largest absolute Gasteiger partial charge is 0.119 e. The molecule has 2 unspecified atom stereocenters. The van der Waals surface area contributed by atoms with E-state index in [-0.39, 0.29) is 0 Å². The van der Waals surface area contributed by atoms with Crippen molar-refractivity contribution >= 4 is 16.4 Å². The second-order valence-corrected chi connectivity index (χ2v) is 4.94. The molecule has 2 atom stereocenters. The Morgan fingerprint density at radius 1 is 1.33 bits per heavy atom. The van der Waals surface area contributed by atoms with Crippen LogP contribution in [0.25, 0.3) is 0 Å². The van der Waals surface area contributed by atoms with Crippen LogP contribution in [0.15, 0.2) is 0 Å². The molecule has 0 heterocycles. The van der Waals surface area contributed by atoms with Crippen LogP contribution >= 0.6 is 8.58 Å². The van der Waals surface area contributed by atoms with E-state index in [0.29, 0.717) is 5.82 Å². The summed E-state index contributed by atoms with van der Waals surface area (Å²) in [5, 5.41) is 0. The molecule has 52 valence electrons. The summed E-state index contributed by atoms with van der Waals surface area (Å²) >= 11 is 0. The summed E-state index contributed by atoms with van der Waals surface area (Å²) in [4.78, 5) is 0. The fraction of sp³-hybridized carbons (Fsp3) is 1.00. The van der Waals surface area contributed by atoms with Gasteiger partial charge in [-0.25, -0.2) is 0 Å². The topological polar surface area (TPSA) is 0 Å². The Bertz CT molecular complexity index is 53.9. The lowest BCUT2D eigenvalue weighted by molar-refractivity contribution is 0.883. The van der Waals surface area contributed by atoms with Crippen LogP contribution in [-0.4, -0.2) is 19.7 Å². The van der Waals surface area contributed by atoms with Gasteiger partial charge in [-0.15, -0.1) is 8.58 Å². The lowest BCUT2D eigenvalue weighted by atomic mass is 9.87. The molecule has 0 aliphatic heterocycles. The molecule has 0 aromatic carbocycles. The van der Waals surface area contributed by atoms with E-state index < -0.39 is 0 Å². The highest BCUT2D eigenvalue weighted by Gasteiger charge is 1.95. The summed E-state index contributed by atoms with van der Waals surface area (Å²) in [5.74, 6) is 0.399.